The van der Waals surface area contributed by atoms with Gasteiger partial charge in [0.2, 0.25) is 0 Å². The molecule has 0 N–H and O–H groups in total. The van der Waals surface area contributed by atoms with E-state index in [1.165, 1.54) is 0 Å². The highest BCUT2D eigenvalue weighted by atomic mass is 127. The van der Waals surface area contributed by atoms with Crippen LogP contribution in [-0.2, 0) is 10.3 Å². The fourth-order valence-electron chi connectivity index (χ4n) is 2.39. The molecule has 0 atom stereocenters. The van der Waals surface area contributed by atoms with Crippen molar-refractivity contribution >= 4 is 28.8 Å². The molecular formula is C11H11IN2O2. The number of rotatable bonds is 0. The number of piperidine rings is 1. The SMILES string of the molecule is O=C1OC2(CCN(I)CC2)c2ncccc21. The molecule has 0 bridgehead atoms. The topological polar surface area (TPSA) is 42.4 Å². The Bertz CT molecular complexity index is 441. The Morgan fingerprint density at radius 1 is 1.44 bits per heavy atom. The molecule has 16 heavy (non-hydrogen) atoms. The second-order valence-corrected chi connectivity index (χ2v) is 5.56. The lowest BCUT2D eigenvalue weighted by molar-refractivity contribution is -0.0323. The predicted octanol–water partition coefficient (Wildman–Crippen LogP) is 1.89. The standard InChI is InChI=1S/C11H11IN2O2/c12-14-6-3-11(4-7-14)9-8(10(15)16-11)2-1-5-13-9/h1-2,5H,3-4,6-7H2. The van der Waals surface area contributed by atoms with E-state index in [1.54, 1.807) is 18.3 Å². The molecule has 4 nitrogen and oxygen atoms in total. The van der Waals surface area contributed by atoms with Crippen molar-refractivity contribution in [3.63, 3.8) is 0 Å². The molecule has 0 amide bonds. The van der Waals surface area contributed by atoms with Crippen LogP contribution in [0.2, 0.25) is 0 Å². The molecule has 3 rings (SSSR count). The summed E-state index contributed by atoms with van der Waals surface area (Å²) in [5.74, 6) is -0.218. The first-order valence-corrected chi connectivity index (χ1v) is 6.27. The van der Waals surface area contributed by atoms with Crippen LogP contribution in [-0.4, -0.2) is 27.2 Å². The molecule has 1 saturated heterocycles. The van der Waals surface area contributed by atoms with Gasteiger partial charge in [0.05, 0.1) is 11.3 Å². The quantitative estimate of drug-likeness (QED) is 0.414. The Morgan fingerprint density at radius 3 is 2.94 bits per heavy atom. The van der Waals surface area contributed by atoms with E-state index in [1.807, 2.05) is 0 Å². The number of ether oxygens (including phenoxy) is 1. The van der Waals surface area contributed by atoms with Crippen LogP contribution < -0.4 is 0 Å². The minimum atomic E-state index is -0.449. The smallest absolute Gasteiger partial charge is 0.341 e. The van der Waals surface area contributed by atoms with Crippen LogP contribution in [0.3, 0.4) is 0 Å². The maximum Gasteiger partial charge on any atom is 0.341 e. The van der Waals surface area contributed by atoms with Crippen molar-refractivity contribution < 1.29 is 9.53 Å². The van der Waals surface area contributed by atoms with E-state index in [-0.39, 0.29) is 5.97 Å². The van der Waals surface area contributed by atoms with E-state index < -0.39 is 5.60 Å². The van der Waals surface area contributed by atoms with Gasteiger partial charge in [-0.1, -0.05) is 0 Å². The zero-order valence-corrected chi connectivity index (χ0v) is 10.8. The fourth-order valence-corrected chi connectivity index (χ4v) is 2.88. The average molecular weight is 330 g/mol. The van der Waals surface area contributed by atoms with Gasteiger partial charge < -0.3 is 4.74 Å². The van der Waals surface area contributed by atoms with Crippen LogP contribution >= 0.6 is 22.9 Å². The second kappa shape index (κ2) is 3.66. The summed E-state index contributed by atoms with van der Waals surface area (Å²) in [7, 11) is 0. The molecule has 3 heterocycles. The van der Waals surface area contributed by atoms with Crippen molar-refractivity contribution in [1.29, 1.82) is 0 Å². The Morgan fingerprint density at radius 2 is 2.19 bits per heavy atom. The summed E-state index contributed by atoms with van der Waals surface area (Å²) in [6.07, 6.45) is 3.41. The molecule has 0 saturated carbocycles. The van der Waals surface area contributed by atoms with E-state index in [4.69, 9.17) is 4.74 Å². The summed E-state index contributed by atoms with van der Waals surface area (Å²) in [6.45, 7) is 1.87. The highest BCUT2D eigenvalue weighted by Gasteiger charge is 2.48. The number of pyridine rings is 1. The maximum absolute atomic E-state index is 11.7. The zero-order valence-electron chi connectivity index (χ0n) is 8.65. The van der Waals surface area contributed by atoms with Gasteiger partial charge in [0.15, 0.2) is 5.60 Å². The van der Waals surface area contributed by atoms with Crippen molar-refractivity contribution in [2.24, 2.45) is 0 Å². The minimum Gasteiger partial charge on any atom is -0.449 e. The van der Waals surface area contributed by atoms with Gasteiger partial charge >= 0.3 is 5.97 Å². The fraction of sp³-hybridized carbons (Fsp3) is 0.455. The summed E-state index contributed by atoms with van der Waals surface area (Å²) >= 11 is 2.30. The molecule has 1 spiro atoms. The first-order chi connectivity index (χ1) is 7.71. The van der Waals surface area contributed by atoms with Crippen LogP contribution in [0.15, 0.2) is 18.3 Å². The number of hydrogen-bond acceptors (Lipinski definition) is 4. The Balaban J connectivity index is 2.02. The van der Waals surface area contributed by atoms with Crippen molar-refractivity contribution in [2.75, 3.05) is 13.1 Å². The number of carbonyl (C=O) groups excluding carboxylic acids is 1. The molecule has 1 aromatic rings. The molecule has 1 aromatic heterocycles. The molecule has 0 aromatic carbocycles. The zero-order chi connectivity index (χ0) is 11.2. The van der Waals surface area contributed by atoms with Gasteiger partial charge in [0.1, 0.15) is 0 Å². The summed E-state index contributed by atoms with van der Waals surface area (Å²) in [6, 6.07) is 3.59. The van der Waals surface area contributed by atoms with E-state index in [9.17, 15) is 4.79 Å². The van der Waals surface area contributed by atoms with Crippen LogP contribution in [0.5, 0.6) is 0 Å². The first kappa shape index (κ1) is 10.5. The summed E-state index contributed by atoms with van der Waals surface area (Å²) < 4.78 is 7.80. The number of esters is 1. The highest BCUT2D eigenvalue weighted by molar-refractivity contribution is 14.1. The van der Waals surface area contributed by atoms with Crippen LogP contribution in [0.25, 0.3) is 0 Å². The van der Waals surface area contributed by atoms with Crippen LogP contribution in [0.1, 0.15) is 28.9 Å². The van der Waals surface area contributed by atoms with Crippen molar-refractivity contribution in [1.82, 2.24) is 8.10 Å². The Hall–Kier alpha value is -0.690. The minimum absolute atomic E-state index is 0.218. The molecule has 2 aliphatic heterocycles. The number of halogens is 1. The van der Waals surface area contributed by atoms with E-state index in [2.05, 4.69) is 31.0 Å². The molecule has 5 heteroatoms. The van der Waals surface area contributed by atoms with Gasteiger partial charge in [-0.25, -0.2) is 7.91 Å². The second-order valence-electron chi connectivity index (χ2n) is 4.19. The van der Waals surface area contributed by atoms with Crippen LogP contribution in [0, 0.1) is 0 Å². The molecule has 0 unspecified atom stereocenters. The lowest BCUT2D eigenvalue weighted by atomic mass is 9.88. The van der Waals surface area contributed by atoms with Crippen LogP contribution in [0.4, 0.5) is 0 Å². The van der Waals surface area contributed by atoms with Gasteiger partial charge in [-0.15, -0.1) is 0 Å². The molecule has 0 radical (unpaired) electrons. The number of nitrogens with zero attached hydrogens (tertiary/aromatic N) is 2. The van der Waals surface area contributed by atoms with E-state index >= 15 is 0 Å². The maximum atomic E-state index is 11.7. The van der Waals surface area contributed by atoms with E-state index in [0.717, 1.165) is 31.6 Å². The number of hydrogen-bond donors (Lipinski definition) is 0. The monoisotopic (exact) mass is 330 g/mol. The van der Waals surface area contributed by atoms with Gasteiger partial charge in [0, 0.05) is 55.0 Å². The molecule has 0 aliphatic carbocycles. The summed E-state index contributed by atoms with van der Waals surface area (Å²) in [5.41, 5.74) is 1.03. The third-order valence-corrected chi connectivity index (χ3v) is 4.23. The third-order valence-electron chi connectivity index (χ3n) is 3.26. The molecule has 84 valence electrons. The highest BCUT2D eigenvalue weighted by Crippen LogP contribution is 2.43. The Labute approximate surface area is 107 Å². The van der Waals surface area contributed by atoms with Crippen molar-refractivity contribution in [3.05, 3.63) is 29.6 Å². The van der Waals surface area contributed by atoms with Gasteiger partial charge in [-0.2, -0.15) is 0 Å². The van der Waals surface area contributed by atoms with Gasteiger partial charge in [0.25, 0.3) is 0 Å². The van der Waals surface area contributed by atoms with E-state index in [0.29, 0.717) is 5.56 Å². The normalized spacial score (nSPS) is 23.2. The summed E-state index contributed by atoms with van der Waals surface area (Å²) in [5, 5.41) is 0. The molecule has 2 aliphatic rings. The number of aromatic nitrogens is 1. The largest absolute Gasteiger partial charge is 0.449 e. The van der Waals surface area contributed by atoms with Gasteiger partial charge in [-0.05, 0) is 12.1 Å². The average Bonchev–Trinajstić information content (AvgIpc) is 2.58. The molecule has 1 fully saturated rings. The third kappa shape index (κ3) is 1.45. The van der Waals surface area contributed by atoms with Crippen molar-refractivity contribution in [2.45, 2.75) is 18.4 Å². The molecular weight excluding hydrogens is 319 g/mol. The Kier molecular flexibility index (Phi) is 2.39. The number of carbonyl (C=O) groups is 1. The van der Waals surface area contributed by atoms with Gasteiger partial charge in [-0.3, -0.25) is 4.98 Å². The summed E-state index contributed by atoms with van der Waals surface area (Å²) in [4.78, 5) is 16.1. The number of fused-ring (bicyclic) bond motifs is 2. The lowest BCUT2D eigenvalue weighted by Crippen LogP contribution is -2.39. The van der Waals surface area contributed by atoms with Crippen molar-refractivity contribution in [3.8, 4) is 0 Å². The lowest BCUT2D eigenvalue weighted by Gasteiger charge is -2.35. The predicted molar refractivity (Wildman–Crippen MR) is 66.2 cm³/mol. The first-order valence-electron chi connectivity index (χ1n) is 5.31.